The van der Waals surface area contributed by atoms with Crippen molar-refractivity contribution < 1.29 is 0 Å². The number of benzene rings is 1. The zero-order valence-electron chi connectivity index (χ0n) is 8.82. The number of hydrogen-bond donors (Lipinski definition) is 1. The first-order valence-corrected chi connectivity index (χ1v) is 5.90. The summed E-state index contributed by atoms with van der Waals surface area (Å²) in [6, 6.07) is 7.94. The molecule has 78 valence electrons. The molecule has 15 heavy (non-hydrogen) atoms. The van der Waals surface area contributed by atoms with Crippen LogP contribution >= 0.6 is 11.8 Å². The van der Waals surface area contributed by atoms with Gasteiger partial charge in [0.25, 0.3) is 0 Å². The smallest absolute Gasteiger partial charge is 0.183 e. The number of aryl methyl sites for hydroxylation is 1. The Bertz CT molecular complexity index is 393. The Morgan fingerprint density at radius 3 is 2.87 bits per heavy atom. The van der Waals surface area contributed by atoms with Gasteiger partial charge in [0.2, 0.25) is 0 Å². The molecule has 0 atom stereocenters. The van der Waals surface area contributed by atoms with Crippen LogP contribution in [0.2, 0.25) is 0 Å². The van der Waals surface area contributed by atoms with Crippen molar-refractivity contribution in [1.29, 1.82) is 5.26 Å². The molecule has 1 rings (SSSR count). The van der Waals surface area contributed by atoms with Crippen LogP contribution in [0.5, 0.6) is 0 Å². The van der Waals surface area contributed by atoms with E-state index in [2.05, 4.69) is 17.2 Å². The highest BCUT2D eigenvalue weighted by Gasteiger charge is 2.00. The van der Waals surface area contributed by atoms with Gasteiger partial charge in [0.1, 0.15) is 0 Å². The molecule has 0 fully saturated rings. The summed E-state index contributed by atoms with van der Waals surface area (Å²) in [5.74, 6) is 0. The van der Waals surface area contributed by atoms with Gasteiger partial charge in [-0.25, -0.2) is 4.99 Å². The number of nitrogens with zero attached hydrogens (tertiary/aromatic N) is 2. The van der Waals surface area contributed by atoms with E-state index in [-0.39, 0.29) is 0 Å². The van der Waals surface area contributed by atoms with Crippen LogP contribution in [0.1, 0.15) is 12.5 Å². The van der Waals surface area contributed by atoms with Crippen LogP contribution < -0.4 is 5.32 Å². The Morgan fingerprint density at radius 1 is 1.53 bits per heavy atom. The normalized spacial score (nSPS) is 10.9. The van der Waals surface area contributed by atoms with Gasteiger partial charge < -0.3 is 0 Å². The second-order valence-corrected chi connectivity index (χ2v) is 3.64. The average molecular weight is 219 g/mol. The fourth-order valence-corrected chi connectivity index (χ4v) is 1.54. The van der Waals surface area contributed by atoms with E-state index in [1.165, 1.54) is 17.3 Å². The minimum Gasteiger partial charge on any atom is -0.271 e. The minimum atomic E-state index is 0.624. The number of thioether (sulfide) groups is 1. The van der Waals surface area contributed by atoms with E-state index in [0.717, 1.165) is 12.1 Å². The van der Waals surface area contributed by atoms with Gasteiger partial charge in [0, 0.05) is 0 Å². The van der Waals surface area contributed by atoms with Gasteiger partial charge in [-0.3, -0.25) is 5.32 Å². The topological polar surface area (TPSA) is 48.2 Å². The van der Waals surface area contributed by atoms with Crippen molar-refractivity contribution in [3.8, 4) is 6.19 Å². The van der Waals surface area contributed by atoms with Crippen molar-refractivity contribution in [1.82, 2.24) is 5.32 Å². The number of nitrogens with one attached hydrogen (secondary N) is 1. The Labute approximate surface area is 94.2 Å². The second-order valence-electron chi connectivity index (χ2n) is 2.84. The van der Waals surface area contributed by atoms with Crippen LogP contribution in [0, 0.1) is 11.5 Å². The van der Waals surface area contributed by atoms with Crippen molar-refractivity contribution in [2.75, 3.05) is 6.26 Å². The molecular weight excluding hydrogens is 206 g/mol. The highest BCUT2D eigenvalue weighted by Crippen LogP contribution is 2.20. The Balaban J connectivity index is 3.00. The lowest BCUT2D eigenvalue weighted by atomic mass is 10.1. The van der Waals surface area contributed by atoms with Crippen molar-refractivity contribution in [2.45, 2.75) is 13.3 Å². The van der Waals surface area contributed by atoms with Crippen LogP contribution in [0.4, 0.5) is 5.69 Å². The van der Waals surface area contributed by atoms with E-state index in [1.54, 1.807) is 0 Å². The van der Waals surface area contributed by atoms with Crippen LogP contribution in [0.25, 0.3) is 0 Å². The number of hydrogen-bond acceptors (Lipinski definition) is 3. The van der Waals surface area contributed by atoms with Gasteiger partial charge in [-0.1, -0.05) is 36.9 Å². The molecule has 0 radical (unpaired) electrons. The third-order valence-corrected chi connectivity index (χ3v) is 2.53. The van der Waals surface area contributed by atoms with E-state index < -0.39 is 0 Å². The summed E-state index contributed by atoms with van der Waals surface area (Å²) in [5.41, 5.74) is 2.11. The van der Waals surface area contributed by atoms with E-state index in [1.807, 2.05) is 36.7 Å². The van der Waals surface area contributed by atoms with E-state index in [9.17, 15) is 0 Å². The molecular formula is C11H13N3S. The van der Waals surface area contributed by atoms with Gasteiger partial charge in [-0.05, 0) is 24.3 Å². The quantitative estimate of drug-likeness (QED) is 0.360. The number of rotatable bonds is 2. The number of nitriles is 1. The zero-order chi connectivity index (χ0) is 11.1. The molecule has 0 aliphatic rings. The highest BCUT2D eigenvalue weighted by molar-refractivity contribution is 8.13. The van der Waals surface area contributed by atoms with E-state index >= 15 is 0 Å². The van der Waals surface area contributed by atoms with Crippen LogP contribution in [0.3, 0.4) is 0 Å². The van der Waals surface area contributed by atoms with Crippen molar-refractivity contribution in [2.24, 2.45) is 4.99 Å². The number of aliphatic imine (C=N–C) groups is 1. The molecule has 0 saturated heterocycles. The molecule has 0 aliphatic carbocycles. The predicted octanol–water partition coefficient (Wildman–Crippen LogP) is 2.67. The number of para-hydroxylation sites is 1. The molecule has 0 saturated carbocycles. The van der Waals surface area contributed by atoms with Gasteiger partial charge >= 0.3 is 0 Å². The fraction of sp³-hybridized carbons (Fsp3) is 0.273. The van der Waals surface area contributed by atoms with Crippen molar-refractivity contribution >= 4 is 22.6 Å². The lowest BCUT2D eigenvalue weighted by Crippen LogP contribution is -2.12. The highest BCUT2D eigenvalue weighted by atomic mass is 32.2. The third-order valence-electron chi connectivity index (χ3n) is 1.95. The first-order chi connectivity index (χ1) is 7.31. The molecule has 1 N–H and O–H groups in total. The monoisotopic (exact) mass is 219 g/mol. The molecule has 1 aromatic rings. The summed E-state index contributed by atoms with van der Waals surface area (Å²) in [6.45, 7) is 2.09. The Kier molecular flexibility index (Phi) is 4.72. The summed E-state index contributed by atoms with van der Waals surface area (Å²) >= 11 is 1.42. The molecule has 0 amide bonds. The van der Waals surface area contributed by atoms with E-state index in [4.69, 9.17) is 5.26 Å². The molecule has 1 aromatic carbocycles. The molecule has 0 aliphatic heterocycles. The molecule has 0 aromatic heterocycles. The van der Waals surface area contributed by atoms with Gasteiger partial charge in [0.15, 0.2) is 11.4 Å². The van der Waals surface area contributed by atoms with Crippen LogP contribution in [-0.4, -0.2) is 11.4 Å². The summed E-state index contributed by atoms with van der Waals surface area (Å²) in [6.07, 6.45) is 4.70. The second kappa shape index (κ2) is 6.10. The molecule has 0 bridgehead atoms. The molecule has 0 spiro atoms. The van der Waals surface area contributed by atoms with Gasteiger partial charge in [0.05, 0.1) is 5.69 Å². The largest absolute Gasteiger partial charge is 0.271 e. The maximum atomic E-state index is 8.52. The van der Waals surface area contributed by atoms with Crippen molar-refractivity contribution in [3.63, 3.8) is 0 Å². The van der Waals surface area contributed by atoms with Crippen molar-refractivity contribution in [3.05, 3.63) is 29.8 Å². The lowest BCUT2D eigenvalue weighted by Gasteiger charge is -2.04. The van der Waals surface area contributed by atoms with Gasteiger partial charge in [-0.15, -0.1) is 0 Å². The molecule has 4 heteroatoms. The molecule has 3 nitrogen and oxygen atoms in total. The van der Waals surface area contributed by atoms with Crippen LogP contribution in [-0.2, 0) is 6.42 Å². The number of amidine groups is 1. The first-order valence-electron chi connectivity index (χ1n) is 4.67. The average Bonchev–Trinajstić information content (AvgIpc) is 2.29. The maximum absolute atomic E-state index is 8.52. The molecule has 0 heterocycles. The Morgan fingerprint density at radius 2 is 2.27 bits per heavy atom. The maximum Gasteiger partial charge on any atom is 0.183 e. The van der Waals surface area contributed by atoms with Crippen LogP contribution in [0.15, 0.2) is 29.3 Å². The van der Waals surface area contributed by atoms with E-state index in [0.29, 0.717) is 5.17 Å². The predicted molar refractivity (Wildman–Crippen MR) is 65.2 cm³/mol. The zero-order valence-corrected chi connectivity index (χ0v) is 9.64. The standard InChI is InChI=1S/C11H13N3S/c1-3-9-6-4-5-7-10(9)14-11(15-2)13-8-12/h4-7H,3H2,1-2H3,(H,13,14). The SMILES string of the molecule is CCc1ccccc1N=C(NC#N)SC. The summed E-state index contributed by atoms with van der Waals surface area (Å²) < 4.78 is 0. The molecule has 0 unspecified atom stereocenters. The summed E-state index contributed by atoms with van der Waals surface area (Å²) in [5, 5.41) is 11.7. The lowest BCUT2D eigenvalue weighted by molar-refractivity contribution is 1.13. The summed E-state index contributed by atoms with van der Waals surface area (Å²) in [7, 11) is 0. The summed E-state index contributed by atoms with van der Waals surface area (Å²) in [4.78, 5) is 4.38. The Hall–Kier alpha value is -1.47. The first kappa shape index (κ1) is 11.6. The third kappa shape index (κ3) is 3.30. The fourth-order valence-electron chi connectivity index (χ4n) is 1.20. The van der Waals surface area contributed by atoms with Gasteiger partial charge in [-0.2, -0.15) is 5.26 Å². The minimum absolute atomic E-state index is 0.624.